The van der Waals surface area contributed by atoms with Gasteiger partial charge in [0, 0.05) is 26.7 Å². The largest absolute Gasteiger partial charge is 0.382 e. The van der Waals surface area contributed by atoms with Crippen LogP contribution >= 0.6 is 0 Å². The summed E-state index contributed by atoms with van der Waals surface area (Å²) in [7, 11) is 1.64. The molecule has 13 heavy (non-hydrogen) atoms. The maximum Gasteiger partial charge on any atom is 0.246 e. The van der Waals surface area contributed by atoms with Crippen LogP contribution in [0.4, 0.5) is 0 Å². The Morgan fingerprint density at radius 2 is 2.62 bits per heavy atom. The van der Waals surface area contributed by atoms with Crippen LogP contribution < -0.4 is 5.32 Å². The number of hydrogen-bond acceptors (Lipinski definition) is 3. The molecule has 1 amide bonds. The average molecular weight is 184 g/mol. The van der Waals surface area contributed by atoms with Crippen LogP contribution in [-0.2, 0) is 9.53 Å². The molecule has 1 fully saturated rings. The fraction of sp³-hybridized carbons (Fsp3) is 0.667. The number of nitrogens with one attached hydrogen (secondary N) is 1. The van der Waals surface area contributed by atoms with Gasteiger partial charge in [0.2, 0.25) is 5.91 Å². The van der Waals surface area contributed by atoms with Crippen LogP contribution in [0.1, 0.15) is 0 Å². The molecule has 4 heteroatoms. The van der Waals surface area contributed by atoms with Crippen molar-refractivity contribution in [1.29, 1.82) is 0 Å². The van der Waals surface area contributed by atoms with E-state index in [0.29, 0.717) is 6.61 Å². The number of carbonyl (C=O) groups excluding carboxylic acids is 1. The van der Waals surface area contributed by atoms with E-state index in [9.17, 15) is 4.79 Å². The van der Waals surface area contributed by atoms with E-state index in [-0.39, 0.29) is 11.9 Å². The van der Waals surface area contributed by atoms with Crippen molar-refractivity contribution in [1.82, 2.24) is 10.2 Å². The molecule has 1 heterocycles. The number of nitrogens with zero attached hydrogens (tertiary/aromatic N) is 1. The second-order valence-corrected chi connectivity index (χ2v) is 3.05. The van der Waals surface area contributed by atoms with Crippen LogP contribution in [0.25, 0.3) is 0 Å². The van der Waals surface area contributed by atoms with E-state index in [1.165, 1.54) is 6.08 Å². The molecule has 0 aromatic heterocycles. The van der Waals surface area contributed by atoms with Crippen molar-refractivity contribution < 1.29 is 9.53 Å². The van der Waals surface area contributed by atoms with Crippen LogP contribution in [-0.4, -0.2) is 50.2 Å². The van der Waals surface area contributed by atoms with Crippen molar-refractivity contribution in [3.63, 3.8) is 0 Å². The summed E-state index contributed by atoms with van der Waals surface area (Å²) in [5.74, 6) is -0.0106. The lowest BCUT2D eigenvalue weighted by molar-refractivity contribution is -0.130. The van der Waals surface area contributed by atoms with Gasteiger partial charge in [-0.15, -0.1) is 0 Å². The minimum atomic E-state index is -0.0106. The molecule has 0 radical (unpaired) electrons. The molecule has 1 N–H and O–H groups in total. The summed E-state index contributed by atoms with van der Waals surface area (Å²) in [6.45, 7) is 6.43. The Kier molecular flexibility index (Phi) is 3.92. The van der Waals surface area contributed by atoms with E-state index in [4.69, 9.17) is 4.74 Å². The number of amides is 1. The minimum absolute atomic E-state index is 0.0106. The monoisotopic (exact) mass is 184 g/mol. The van der Waals surface area contributed by atoms with Crippen LogP contribution in [0, 0.1) is 0 Å². The average Bonchev–Trinajstić information content (AvgIpc) is 2.18. The molecule has 0 bridgehead atoms. The third kappa shape index (κ3) is 2.54. The molecule has 0 aliphatic carbocycles. The van der Waals surface area contributed by atoms with E-state index in [2.05, 4.69) is 11.9 Å². The standard InChI is InChI=1S/C9H16N2O2/c1-3-9(12)11-5-4-10-6-8(11)7-13-2/h3,8,10H,1,4-7H2,2H3. The quantitative estimate of drug-likeness (QED) is 0.608. The summed E-state index contributed by atoms with van der Waals surface area (Å²) in [6.07, 6.45) is 1.36. The molecule has 1 rings (SSSR count). The molecular weight excluding hydrogens is 168 g/mol. The maximum absolute atomic E-state index is 11.4. The van der Waals surface area contributed by atoms with Gasteiger partial charge in [0.15, 0.2) is 0 Å². The molecule has 1 unspecified atom stereocenters. The molecule has 1 atom stereocenters. The van der Waals surface area contributed by atoms with Gasteiger partial charge >= 0.3 is 0 Å². The fourth-order valence-corrected chi connectivity index (χ4v) is 1.51. The van der Waals surface area contributed by atoms with Gasteiger partial charge in [0.05, 0.1) is 12.6 Å². The van der Waals surface area contributed by atoms with E-state index in [0.717, 1.165) is 19.6 Å². The topological polar surface area (TPSA) is 41.6 Å². The number of rotatable bonds is 3. The predicted molar refractivity (Wildman–Crippen MR) is 50.4 cm³/mol. The second-order valence-electron chi connectivity index (χ2n) is 3.05. The molecular formula is C9H16N2O2. The van der Waals surface area contributed by atoms with E-state index >= 15 is 0 Å². The zero-order chi connectivity index (χ0) is 9.68. The van der Waals surface area contributed by atoms with Crippen molar-refractivity contribution in [3.8, 4) is 0 Å². The third-order valence-corrected chi connectivity index (χ3v) is 2.17. The first-order valence-electron chi connectivity index (χ1n) is 4.42. The van der Waals surface area contributed by atoms with Gasteiger partial charge in [-0.05, 0) is 6.08 Å². The molecule has 0 aromatic carbocycles. The highest BCUT2D eigenvalue weighted by Gasteiger charge is 2.24. The molecule has 74 valence electrons. The highest BCUT2D eigenvalue weighted by molar-refractivity contribution is 5.87. The lowest BCUT2D eigenvalue weighted by Crippen LogP contribution is -2.54. The fourth-order valence-electron chi connectivity index (χ4n) is 1.51. The number of carbonyl (C=O) groups is 1. The Morgan fingerprint density at radius 1 is 1.85 bits per heavy atom. The van der Waals surface area contributed by atoms with Crippen LogP contribution in [0.15, 0.2) is 12.7 Å². The first kappa shape index (κ1) is 10.2. The van der Waals surface area contributed by atoms with Gasteiger partial charge < -0.3 is 15.0 Å². The molecule has 1 aliphatic heterocycles. The van der Waals surface area contributed by atoms with Crippen LogP contribution in [0.3, 0.4) is 0 Å². The first-order valence-corrected chi connectivity index (χ1v) is 4.42. The van der Waals surface area contributed by atoms with Gasteiger partial charge in [0.1, 0.15) is 0 Å². The van der Waals surface area contributed by atoms with Gasteiger partial charge in [-0.25, -0.2) is 0 Å². The predicted octanol–water partition coefficient (Wildman–Crippen LogP) is -0.381. The van der Waals surface area contributed by atoms with Crippen molar-refractivity contribution in [2.24, 2.45) is 0 Å². The Hall–Kier alpha value is -0.870. The molecule has 4 nitrogen and oxygen atoms in total. The summed E-state index contributed by atoms with van der Waals surface area (Å²) >= 11 is 0. The van der Waals surface area contributed by atoms with E-state index in [1.807, 2.05) is 0 Å². The normalized spacial score (nSPS) is 22.8. The minimum Gasteiger partial charge on any atom is -0.382 e. The first-order chi connectivity index (χ1) is 6.29. The van der Waals surface area contributed by atoms with Crippen molar-refractivity contribution >= 4 is 5.91 Å². The summed E-state index contributed by atoms with van der Waals surface area (Å²) in [5, 5.41) is 3.22. The van der Waals surface area contributed by atoms with E-state index < -0.39 is 0 Å². The Balaban J connectivity index is 2.55. The highest BCUT2D eigenvalue weighted by atomic mass is 16.5. The van der Waals surface area contributed by atoms with Crippen molar-refractivity contribution in [3.05, 3.63) is 12.7 Å². The lowest BCUT2D eigenvalue weighted by Gasteiger charge is -2.35. The van der Waals surface area contributed by atoms with Gasteiger partial charge in [-0.2, -0.15) is 0 Å². The maximum atomic E-state index is 11.4. The lowest BCUT2D eigenvalue weighted by atomic mass is 10.2. The van der Waals surface area contributed by atoms with Crippen LogP contribution in [0.5, 0.6) is 0 Å². The SMILES string of the molecule is C=CC(=O)N1CCNCC1COC. The highest BCUT2D eigenvalue weighted by Crippen LogP contribution is 2.04. The Bertz CT molecular complexity index is 192. The zero-order valence-electron chi connectivity index (χ0n) is 7.95. The molecule has 1 aliphatic rings. The third-order valence-electron chi connectivity index (χ3n) is 2.17. The Morgan fingerprint density at radius 3 is 3.23 bits per heavy atom. The zero-order valence-corrected chi connectivity index (χ0v) is 7.95. The van der Waals surface area contributed by atoms with Crippen molar-refractivity contribution in [2.75, 3.05) is 33.4 Å². The number of piperazine rings is 1. The molecule has 0 spiro atoms. The number of ether oxygens (including phenoxy) is 1. The number of methoxy groups -OCH3 is 1. The summed E-state index contributed by atoms with van der Waals surface area (Å²) in [5.41, 5.74) is 0. The second kappa shape index (κ2) is 4.99. The van der Waals surface area contributed by atoms with Gasteiger partial charge in [-0.3, -0.25) is 4.79 Å². The Labute approximate surface area is 78.5 Å². The van der Waals surface area contributed by atoms with E-state index in [1.54, 1.807) is 12.0 Å². The summed E-state index contributed by atoms with van der Waals surface area (Å²) in [6, 6.07) is 0.143. The number of hydrogen-bond donors (Lipinski definition) is 1. The molecule has 1 saturated heterocycles. The van der Waals surface area contributed by atoms with Gasteiger partial charge in [-0.1, -0.05) is 6.58 Å². The summed E-state index contributed by atoms with van der Waals surface area (Å²) in [4.78, 5) is 13.2. The molecule has 0 aromatic rings. The van der Waals surface area contributed by atoms with Gasteiger partial charge in [0.25, 0.3) is 0 Å². The van der Waals surface area contributed by atoms with Crippen LogP contribution in [0.2, 0.25) is 0 Å². The van der Waals surface area contributed by atoms with Crippen molar-refractivity contribution in [2.45, 2.75) is 6.04 Å². The molecule has 0 saturated carbocycles. The summed E-state index contributed by atoms with van der Waals surface area (Å²) < 4.78 is 5.04. The smallest absolute Gasteiger partial charge is 0.246 e.